The zero-order valence-corrected chi connectivity index (χ0v) is 15.0. The first-order valence-corrected chi connectivity index (χ1v) is 9.35. The Morgan fingerprint density at radius 1 is 1.35 bits per heavy atom. The molecule has 1 saturated carbocycles. The van der Waals surface area contributed by atoms with Crippen LogP contribution in [0.5, 0.6) is 0 Å². The first kappa shape index (κ1) is 17.7. The Morgan fingerprint density at radius 3 is 2.57 bits per heavy atom. The van der Waals surface area contributed by atoms with Gasteiger partial charge in [0, 0.05) is 26.7 Å². The van der Waals surface area contributed by atoms with E-state index >= 15 is 0 Å². The molecular formula is C16H26N4O2S. The topological polar surface area (TPSA) is 73.8 Å². The summed E-state index contributed by atoms with van der Waals surface area (Å²) < 4.78 is 26.0. The van der Waals surface area contributed by atoms with Crippen molar-refractivity contribution in [2.45, 2.75) is 37.8 Å². The van der Waals surface area contributed by atoms with E-state index in [9.17, 15) is 8.42 Å². The lowest BCUT2D eigenvalue weighted by atomic mass is 10.2. The molecule has 0 saturated heterocycles. The fourth-order valence-corrected chi connectivity index (χ4v) is 3.37. The monoisotopic (exact) mass is 338 g/mol. The van der Waals surface area contributed by atoms with E-state index in [4.69, 9.17) is 0 Å². The van der Waals surface area contributed by atoms with Crippen molar-refractivity contribution in [2.24, 2.45) is 10.9 Å². The summed E-state index contributed by atoms with van der Waals surface area (Å²) in [6.45, 7) is 5.29. The van der Waals surface area contributed by atoms with Gasteiger partial charge >= 0.3 is 0 Å². The lowest BCUT2D eigenvalue weighted by molar-refractivity contribution is 0.519. The molecule has 1 aromatic carbocycles. The van der Waals surface area contributed by atoms with Crippen LogP contribution in [0.2, 0.25) is 0 Å². The van der Waals surface area contributed by atoms with E-state index in [2.05, 4.69) is 22.5 Å². The molecule has 0 amide bonds. The van der Waals surface area contributed by atoms with Gasteiger partial charge in [0.15, 0.2) is 5.96 Å². The maximum atomic E-state index is 12.4. The first-order chi connectivity index (χ1) is 10.9. The molecule has 0 aromatic heterocycles. The largest absolute Gasteiger partial charge is 0.357 e. The molecule has 2 rings (SSSR count). The lowest BCUT2D eigenvalue weighted by Crippen LogP contribution is -2.39. The van der Waals surface area contributed by atoms with Gasteiger partial charge in [-0.25, -0.2) is 17.7 Å². The van der Waals surface area contributed by atoms with E-state index in [1.54, 1.807) is 12.1 Å². The van der Waals surface area contributed by atoms with Crippen molar-refractivity contribution in [2.75, 3.05) is 20.6 Å². The molecule has 0 bridgehead atoms. The molecule has 1 aliphatic carbocycles. The smallest absolute Gasteiger partial charge is 0.242 e. The number of benzene rings is 1. The van der Waals surface area contributed by atoms with Crippen LogP contribution in [-0.2, 0) is 16.6 Å². The minimum Gasteiger partial charge on any atom is -0.357 e. The van der Waals surface area contributed by atoms with Crippen LogP contribution >= 0.6 is 0 Å². The molecule has 1 aromatic rings. The van der Waals surface area contributed by atoms with Crippen LogP contribution < -0.4 is 10.6 Å². The van der Waals surface area contributed by atoms with E-state index in [1.165, 1.54) is 18.4 Å². The maximum Gasteiger partial charge on any atom is 0.242 e. The van der Waals surface area contributed by atoms with Crippen molar-refractivity contribution in [1.29, 1.82) is 0 Å². The molecule has 0 spiro atoms. The van der Waals surface area contributed by atoms with Gasteiger partial charge in [-0.1, -0.05) is 25.1 Å². The molecule has 0 radical (unpaired) electrons. The van der Waals surface area contributed by atoms with Gasteiger partial charge in [0.25, 0.3) is 0 Å². The molecule has 2 unspecified atom stereocenters. The quantitative estimate of drug-likeness (QED) is 0.607. The number of nitrogens with zero attached hydrogens (tertiary/aromatic N) is 2. The third-order valence-electron chi connectivity index (χ3n) is 3.91. The van der Waals surface area contributed by atoms with E-state index in [1.807, 2.05) is 19.1 Å². The molecule has 2 N–H and O–H groups in total. The van der Waals surface area contributed by atoms with Gasteiger partial charge in [-0.15, -0.1) is 0 Å². The van der Waals surface area contributed by atoms with Gasteiger partial charge in [-0.3, -0.25) is 0 Å². The minimum atomic E-state index is -3.46. The second kappa shape index (κ2) is 7.31. The standard InChI is InChI=1S/C16H26N4O2S/c1-5-17-16(19-14-10-12(14)2)18-11-13-8-6-7-9-15(13)23(21,22)20(3)4/h6-9,12,14H,5,10-11H2,1-4H3,(H2,17,18,19). The Bertz CT molecular complexity index is 670. The lowest BCUT2D eigenvalue weighted by Gasteiger charge is -2.15. The molecule has 0 heterocycles. The summed E-state index contributed by atoms with van der Waals surface area (Å²) in [6.07, 6.45) is 1.15. The Labute approximate surface area is 139 Å². The average molecular weight is 338 g/mol. The van der Waals surface area contributed by atoms with Gasteiger partial charge in [0.1, 0.15) is 0 Å². The third kappa shape index (κ3) is 4.45. The summed E-state index contributed by atoms with van der Waals surface area (Å²) in [6, 6.07) is 7.47. The predicted molar refractivity (Wildman–Crippen MR) is 92.8 cm³/mol. The highest BCUT2D eigenvalue weighted by atomic mass is 32.2. The Morgan fingerprint density at radius 2 is 2.00 bits per heavy atom. The van der Waals surface area contributed by atoms with Gasteiger partial charge < -0.3 is 10.6 Å². The van der Waals surface area contributed by atoms with Gasteiger partial charge in [0.2, 0.25) is 10.0 Å². The Kier molecular flexibility index (Phi) is 5.64. The van der Waals surface area contributed by atoms with Gasteiger partial charge in [0.05, 0.1) is 11.4 Å². The molecule has 0 aliphatic heterocycles. The number of nitrogens with one attached hydrogen (secondary N) is 2. The summed E-state index contributed by atoms with van der Waals surface area (Å²) in [5.74, 6) is 1.40. The van der Waals surface area contributed by atoms with Crippen molar-refractivity contribution in [3.8, 4) is 0 Å². The maximum absolute atomic E-state index is 12.4. The summed E-state index contributed by atoms with van der Waals surface area (Å²) in [5.41, 5.74) is 0.697. The summed E-state index contributed by atoms with van der Waals surface area (Å²) in [5, 5.41) is 6.58. The number of sulfonamides is 1. The fourth-order valence-electron chi connectivity index (χ4n) is 2.27. The van der Waals surface area contributed by atoms with Crippen LogP contribution in [0, 0.1) is 5.92 Å². The van der Waals surface area contributed by atoms with Gasteiger partial charge in [-0.05, 0) is 30.9 Å². The molecular weight excluding hydrogens is 312 g/mol. The highest BCUT2D eigenvalue weighted by molar-refractivity contribution is 7.89. The second-order valence-electron chi connectivity index (χ2n) is 6.05. The minimum absolute atomic E-state index is 0.310. The summed E-state index contributed by atoms with van der Waals surface area (Å²) >= 11 is 0. The highest BCUT2D eigenvalue weighted by Gasteiger charge is 2.33. The van der Waals surface area contributed by atoms with E-state index in [-0.39, 0.29) is 0 Å². The summed E-state index contributed by atoms with van der Waals surface area (Å²) in [7, 11) is -0.390. The number of hydrogen-bond donors (Lipinski definition) is 2. The zero-order chi connectivity index (χ0) is 17.0. The normalized spacial score (nSPS) is 21.3. The molecule has 128 valence electrons. The molecule has 6 nitrogen and oxygen atoms in total. The third-order valence-corrected chi connectivity index (χ3v) is 5.83. The number of rotatable bonds is 6. The van der Waals surface area contributed by atoms with Crippen LogP contribution in [-0.4, -0.2) is 45.4 Å². The molecule has 23 heavy (non-hydrogen) atoms. The fraction of sp³-hybridized carbons (Fsp3) is 0.562. The van der Waals surface area contributed by atoms with Crippen LogP contribution in [0.25, 0.3) is 0 Å². The van der Waals surface area contributed by atoms with Gasteiger partial charge in [-0.2, -0.15) is 0 Å². The Balaban J connectivity index is 2.20. The molecule has 7 heteroatoms. The number of aliphatic imine (C=N–C) groups is 1. The van der Waals surface area contributed by atoms with E-state index < -0.39 is 10.0 Å². The van der Waals surface area contributed by atoms with Crippen molar-refractivity contribution in [1.82, 2.24) is 14.9 Å². The van der Waals surface area contributed by atoms with Crippen molar-refractivity contribution >= 4 is 16.0 Å². The van der Waals surface area contributed by atoms with Crippen LogP contribution in [0.4, 0.5) is 0 Å². The van der Waals surface area contributed by atoms with E-state index in [0.29, 0.717) is 29.0 Å². The molecule has 1 aliphatic rings. The average Bonchev–Trinajstić information content (AvgIpc) is 3.20. The predicted octanol–water partition coefficient (Wildman–Crippen LogP) is 1.40. The zero-order valence-electron chi connectivity index (χ0n) is 14.2. The molecule has 1 fully saturated rings. The molecule has 2 atom stereocenters. The van der Waals surface area contributed by atoms with Crippen LogP contribution in [0.1, 0.15) is 25.8 Å². The van der Waals surface area contributed by atoms with Crippen molar-refractivity contribution in [3.63, 3.8) is 0 Å². The van der Waals surface area contributed by atoms with Crippen LogP contribution in [0.15, 0.2) is 34.2 Å². The second-order valence-corrected chi connectivity index (χ2v) is 8.17. The van der Waals surface area contributed by atoms with Crippen molar-refractivity contribution in [3.05, 3.63) is 29.8 Å². The Hall–Kier alpha value is -1.60. The summed E-state index contributed by atoms with van der Waals surface area (Å²) in [4.78, 5) is 4.85. The first-order valence-electron chi connectivity index (χ1n) is 7.91. The number of guanidine groups is 1. The van der Waals surface area contributed by atoms with Crippen molar-refractivity contribution < 1.29 is 8.42 Å². The SMILES string of the molecule is CCNC(=NCc1ccccc1S(=O)(=O)N(C)C)NC1CC1C. The van der Waals surface area contributed by atoms with E-state index in [0.717, 1.165) is 18.9 Å². The number of hydrogen-bond acceptors (Lipinski definition) is 3. The highest BCUT2D eigenvalue weighted by Crippen LogP contribution is 2.28. The van der Waals surface area contributed by atoms with Crippen LogP contribution in [0.3, 0.4) is 0 Å².